The first-order chi connectivity index (χ1) is 12.3. The molecule has 2 aliphatic rings. The van der Waals surface area contributed by atoms with Gasteiger partial charge in [-0.05, 0) is 17.5 Å². The summed E-state index contributed by atoms with van der Waals surface area (Å²) in [6.07, 6.45) is 0.117. The zero-order valence-electron chi connectivity index (χ0n) is 14.1. The van der Waals surface area contributed by atoms with Crippen LogP contribution < -0.4 is 0 Å². The third-order valence-electron chi connectivity index (χ3n) is 4.70. The van der Waals surface area contributed by atoms with E-state index in [1.54, 1.807) is 0 Å². The average molecular weight is 433 g/mol. The summed E-state index contributed by atoms with van der Waals surface area (Å²) >= 11 is 3.38. The van der Waals surface area contributed by atoms with Crippen molar-refractivity contribution in [2.45, 2.75) is 35.6 Å². The molecule has 0 spiro atoms. The van der Waals surface area contributed by atoms with E-state index in [4.69, 9.17) is 9.47 Å². The average Bonchev–Trinajstić information content (AvgIpc) is 2.94. The molecule has 142 valence electrons. The number of halogens is 4. The van der Waals surface area contributed by atoms with Crippen LogP contribution in [-0.4, -0.2) is 35.4 Å². The van der Waals surface area contributed by atoms with Gasteiger partial charge in [-0.2, -0.15) is 13.2 Å². The van der Waals surface area contributed by atoms with E-state index in [9.17, 15) is 18.3 Å². The molecule has 1 aliphatic heterocycles. The highest BCUT2D eigenvalue weighted by molar-refractivity contribution is 9.10. The van der Waals surface area contributed by atoms with Crippen molar-refractivity contribution in [3.05, 3.63) is 59.2 Å². The van der Waals surface area contributed by atoms with Crippen molar-refractivity contribution in [1.29, 1.82) is 0 Å². The van der Waals surface area contributed by atoms with E-state index >= 15 is 0 Å². The Bertz CT molecular complexity index is 712. The summed E-state index contributed by atoms with van der Waals surface area (Å²) in [4.78, 5) is 0. The lowest BCUT2D eigenvalue weighted by atomic mass is 9.90. The third-order valence-corrected chi connectivity index (χ3v) is 5.48. The smallest absolute Gasteiger partial charge is 0.396 e. The van der Waals surface area contributed by atoms with E-state index in [0.29, 0.717) is 19.4 Å². The lowest BCUT2D eigenvalue weighted by Gasteiger charge is -2.32. The number of aliphatic hydroxyl groups is 1. The minimum absolute atomic E-state index is 0.0651. The van der Waals surface area contributed by atoms with E-state index in [2.05, 4.69) is 15.9 Å². The van der Waals surface area contributed by atoms with Crippen LogP contribution in [0.25, 0.3) is 0 Å². The highest BCUT2D eigenvalue weighted by atomic mass is 79.9. The highest BCUT2D eigenvalue weighted by Crippen LogP contribution is 2.41. The molecular formula is C19H20BrF3O3. The van der Waals surface area contributed by atoms with Crippen molar-refractivity contribution in [3.8, 4) is 0 Å². The van der Waals surface area contributed by atoms with Gasteiger partial charge in [-0.3, -0.25) is 0 Å². The van der Waals surface area contributed by atoms with Gasteiger partial charge in [0.1, 0.15) is 5.60 Å². The summed E-state index contributed by atoms with van der Waals surface area (Å²) in [5.74, 6) is 0. The summed E-state index contributed by atoms with van der Waals surface area (Å²) in [5, 5.41) is 9.45. The number of hydrogen-bond acceptors (Lipinski definition) is 3. The SMILES string of the molecule is OCCC1(COCC2(Br)C=C(C(F)(F)F)C=CC2)OCc2ccccc21. The molecule has 7 heteroatoms. The fourth-order valence-electron chi connectivity index (χ4n) is 3.39. The van der Waals surface area contributed by atoms with Gasteiger partial charge in [0.25, 0.3) is 0 Å². The van der Waals surface area contributed by atoms with Crippen LogP contribution in [0.4, 0.5) is 13.2 Å². The second kappa shape index (κ2) is 7.46. The number of alkyl halides is 4. The van der Waals surface area contributed by atoms with E-state index < -0.39 is 21.7 Å². The van der Waals surface area contributed by atoms with Crippen molar-refractivity contribution >= 4 is 15.9 Å². The molecule has 1 N–H and O–H groups in total. The standard InChI is InChI=1S/C19H20BrF3O3/c20-17(7-3-5-15(10-17)19(21,22)23)12-25-13-18(8-9-24)16-6-2-1-4-14(16)11-26-18/h1-6,10,24H,7-9,11-13H2. The predicted molar refractivity (Wildman–Crippen MR) is 95.0 cm³/mol. The zero-order chi connectivity index (χ0) is 18.8. The van der Waals surface area contributed by atoms with Crippen LogP contribution in [0.2, 0.25) is 0 Å². The van der Waals surface area contributed by atoms with E-state index in [-0.39, 0.29) is 19.8 Å². The molecule has 26 heavy (non-hydrogen) atoms. The first-order valence-corrected chi connectivity index (χ1v) is 9.14. The Kier molecular flexibility index (Phi) is 5.63. The molecule has 0 aromatic heterocycles. The van der Waals surface area contributed by atoms with Crippen LogP contribution in [-0.2, 0) is 21.7 Å². The van der Waals surface area contributed by atoms with Gasteiger partial charge in [-0.1, -0.05) is 58.4 Å². The molecule has 0 saturated heterocycles. The quantitative estimate of drug-likeness (QED) is 0.677. The molecule has 0 radical (unpaired) electrons. The number of hydrogen-bond donors (Lipinski definition) is 1. The molecule has 1 heterocycles. The van der Waals surface area contributed by atoms with Gasteiger partial charge in [-0.15, -0.1) is 0 Å². The first-order valence-electron chi connectivity index (χ1n) is 8.35. The van der Waals surface area contributed by atoms with Crippen molar-refractivity contribution in [1.82, 2.24) is 0 Å². The van der Waals surface area contributed by atoms with Gasteiger partial charge in [0, 0.05) is 13.0 Å². The lowest BCUT2D eigenvalue weighted by Crippen LogP contribution is -2.36. The fraction of sp³-hybridized carbons (Fsp3) is 0.474. The predicted octanol–water partition coefficient (Wildman–Crippen LogP) is 4.39. The third kappa shape index (κ3) is 4.06. The fourth-order valence-corrected chi connectivity index (χ4v) is 3.99. The zero-order valence-corrected chi connectivity index (χ0v) is 15.6. The van der Waals surface area contributed by atoms with Crippen LogP contribution >= 0.6 is 15.9 Å². The summed E-state index contributed by atoms with van der Waals surface area (Å²) in [5.41, 5.74) is 0.554. The second-order valence-electron chi connectivity index (χ2n) is 6.65. The molecule has 2 unspecified atom stereocenters. The maximum Gasteiger partial charge on any atom is 0.416 e. The van der Waals surface area contributed by atoms with Crippen LogP contribution in [0, 0.1) is 0 Å². The van der Waals surface area contributed by atoms with Crippen LogP contribution in [0.15, 0.2) is 48.1 Å². The molecule has 3 nitrogen and oxygen atoms in total. The van der Waals surface area contributed by atoms with Gasteiger partial charge < -0.3 is 14.6 Å². The van der Waals surface area contributed by atoms with Gasteiger partial charge in [0.05, 0.1) is 29.7 Å². The monoisotopic (exact) mass is 432 g/mol. The number of rotatable bonds is 6. The molecule has 2 atom stereocenters. The van der Waals surface area contributed by atoms with Crippen molar-refractivity contribution < 1.29 is 27.8 Å². The van der Waals surface area contributed by atoms with E-state index in [1.165, 1.54) is 6.08 Å². The Morgan fingerprint density at radius 3 is 2.73 bits per heavy atom. The molecule has 0 bridgehead atoms. The summed E-state index contributed by atoms with van der Waals surface area (Å²) in [6, 6.07) is 7.72. The van der Waals surface area contributed by atoms with Crippen LogP contribution in [0.1, 0.15) is 24.0 Å². The number of ether oxygens (including phenoxy) is 2. The number of benzene rings is 1. The molecule has 0 saturated carbocycles. The Labute approximate surface area is 158 Å². The number of allylic oxidation sites excluding steroid dienone is 3. The maximum atomic E-state index is 13.0. The maximum absolute atomic E-state index is 13.0. The highest BCUT2D eigenvalue weighted by Gasteiger charge is 2.41. The minimum atomic E-state index is -4.39. The van der Waals surface area contributed by atoms with Crippen LogP contribution in [0.3, 0.4) is 0 Å². The van der Waals surface area contributed by atoms with Gasteiger partial charge in [0.2, 0.25) is 0 Å². The Hall–Kier alpha value is -1.15. The van der Waals surface area contributed by atoms with Crippen molar-refractivity contribution in [2.24, 2.45) is 0 Å². The molecule has 1 aromatic carbocycles. The van der Waals surface area contributed by atoms with E-state index in [1.807, 2.05) is 24.3 Å². The molecule has 1 aromatic rings. The molecule has 0 amide bonds. The molecule has 1 aliphatic carbocycles. The van der Waals surface area contributed by atoms with Crippen LogP contribution in [0.5, 0.6) is 0 Å². The van der Waals surface area contributed by atoms with E-state index in [0.717, 1.165) is 23.3 Å². The Morgan fingerprint density at radius 1 is 1.23 bits per heavy atom. The van der Waals surface area contributed by atoms with Gasteiger partial charge >= 0.3 is 6.18 Å². The van der Waals surface area contributed by atoms with Gasteiger partial charge in [0.15, 0.2) is 0 Å². The molecule has 3 rings (SSSR count). The molecular weight excluding hydrogens is 413 g/mol. The summed E-state index contributed by atoms with van der Waals surface area (Å²) in [6.45, 7) is 0.588. The Balaban J connectivity index is 1.70. The van der Waals surface area contributed by atoms with Crippen molar-refractivity contribution in [2.75, 3.05) is 19.8 Å². The summed E-state index contributed by atoms with van der Waals surface area (Å²) in [7, 11) is 0. The number of fused-ring (bicyclic) bond motifs is 1. The summed E-state index contributed by atoms with van der Waals surface area (Å²) < 4.78 is 49.7. The largest absolute Gasteiger partial charge is 0.416 e. The number of aliphatic hydroxyl groups excluding tert-OH is 1. The lowest BCUT2D eigenvalue weighted by molar-refractivity contribution is -0.107. The van der Waals surface area contributed by atoms with Gasteiger partial charge in [-0.25, -0.2) is 0 Å². The second-order valence-corrected chi connectivity index (χ2v) is 8.22. The molecule has 0 fully saturated rings. The normalized spacial score (nSPS) is 28.1. The Morgan fingerprint density at radius 2 is 2.00 bits per heavy atom. The first kappa shape index (κ1) is 19.6. The van der Waals surface area contributed by atoms with Crippen molar-refractivity contribution in [3.63, 3.8) is 0 Å². The minimum Gasteiger partial charge on any atom is -0.396 e. The topological polar surface area (TPSA) is 38.7 Å².